The van der Waals surface area contributed by atoms with Gasteiger partial charge in [-0.2, -0.15) is 0 Å². The Balaban J connectivity index is 1.60. The molecule has 2 aromatic rings. The van der Waals surface area contributed by atoms with Gasteiger partial charge in [0, 0.05) is 30.9 Å². The average molecular weight is 341 g/mol. The fraction of sp³-hybridized carbons (Fsp3) is 0.471. The van der Waals surface area contributed by atoms with Crippen LogP contribution in [0.25, 0.3) is 0 Å². The van der Waals surface area contributed by atoms with Crippen LogP contribution in [-0.4, -0.2) is 69.4 Å². The molecule has 0 aliphatic carbocycles. The van der Waals surface area contributed by atoms with Crippen molar-refractivity contribution in [3.05, 3.63) is 36.7 Å². The van der Waals surface area contributed by atoms with Gasteiger partial charge in [0.05, 0.1) is 24.6 Å². The van der Waals surface area contributed by atoms with Gasteiger partial charge in [0.15, 0.2) is 0 Å². The Morgan fingerprint density at radius 3 is 2.68 bits per heavy atom. The molecule has 3 heterocycles. The number of nitrogens with zero attached hydrogens (tertiary/aromatic N) is 6. The summed E-state index contributed by atoms with van der Waals surface area (Å²) in [4.78, 5) is 32.8. The van der Waals surface area contributed by atoms with Crippen molar-refractivity contribution < 1.29 is 4.79 Å². The summed E-state index contributed by atoms with van der Waals surface area (Å²) >= 11 is 0. The average Bonchev–Trinajstić information content (AvgIpc) is 2.62. The van der Waals surface area contributed by atoms with Crippen LogP contribution < -0.4 is 5.32 Å². The normalized spacial score (nSPS) is 15.4. The minimum absolute atomic E-state index is 0.192. The molecule has 132 valence electrons. The molecular weight excluding hydrogens is 318 g/mol. The maximum absolute atomic E-state index is 12.1. The number of aromatic nitrogens is 4. The zero-order chi connectivity index (χ0) is 17.6. The predicted molar refractivity (Wildman–Crippen MR) is 94.5 cm³/mol. The van der Waals surface area contributed by atoms with E-state index in [4.69, 9.17) is 0 Å². The second-order valence-electron chi connectivity index (χ2n) is 6.45. The second kappa shape index (κ2) is 7.98. The van der Waals surface area contributed by atoms with E-state index < -0.39 is 0 Å². The van der Waals surface area contributed by atoms with Crippen molar-refractivity contribution >= 4 is 17.5 Å². The first-order valence-corrected chi connectivity index (χ1v) is 8.39. The molecule has 8 heteroatoms. The number of hydrogen-bond acceptors (Lipinski definition) is 7. The van der Waals surface area contributed by atoms with E-state index in [2.05, 4.69) is 25.3 Å². The summed E-state index contributed by atoms with van der Waals surface area (Å²) in [6, 6.07) is 1.95. The van der Waals surface area contributed by atoms with Crippen LogP contribution in [-0.2, 0) is 4.79 Å². The highest BCUT2D eigenvalue weighted by atomic mass is 16.2. The maximum atomic E-state index is 12.1. The standard InChI is InChI=1S/C17H23N7O/c1-23(2)11-16(25)24-7-4-13(5-8-24)15-3-6-20-17(22-15)21-14-9-18-12-19-10-14/h3,6,9-10,12-13H,4-5,7-8,11H2,1-2H3,(H,20,21,22). The predicted octanol–water partition coefficient (Wildman–Crippen LogP) is 1.28. The Hall–Kier alpha value is -2.61. The van der Waals surface area contributed by atoms with E-state index >= 15 is 0 Å². The lowest BCUT2D eigenvalue weighted by atomic mass is 9.93. The van der Waals surface area contributed by atoms with Gasteiger partial charge < -0.3 is 15.1 Å². The van der Waals surface area contributed by atoms with E-state index in [-0.39, 0.29) is 5.91 Å². The number of carbonyl (C=O) groups is 1. The topological polar surface area (TPSA) is 87.1 Å². The maximum Gasteiger partial charge on any atom is 0.236 e. The molecule has 0 spiro atoms. The third kappa shape index (κ3) is 4.69. The lowest BCUT2D eigenvalue weighted by Crippen LogP contribution is -2.42. The fourth-order valence-electron chi connectivity index (χ4n) is 2.95. The van der Waals surface area contributed by atoms with Crippen LogP contribution in [0.2, 0.25) is 0 Å². The summed E-state index contributed by atoms with van der Waals surface area (Å²) in [5.41, 5.74) is 1.76. The lowest BCUT2D eigenvalue weighted by molar-refractivity contribution is -0.132. The molecule has 1 amide bonds. The third-order valence-corrected chi connectivity index (χ3v) is 4.21. The number of hydrogen-bond donors (Lipinski definition) is 1. The first kappa shape index (κ1) is 17.2. The van der Waals surface area contributed by atoms with E-state index in [0.29, 0.717) is 18.4 Å². The molecule has 0 aromatic carbocycles. The highest BCUT2D eigenvalue weighted by molar-refractivity contribution is 5.78. The number of carbonyl (C=O) groups excluding carboxylic acids is 1. The van der Waals surface area contributed by atoms with Crippen LogP contribution in [0.15, 0.2) is 31.0 Å². The summed E-state index contributed by atoms with van der Waals surface area (Å²) in [6.45, 7) is 2.01. The number of piperidine rings is 1. The minimum atomic E-state index is 0.192. The van der Waals surface area contributed by atoms with E-state index in [1.165, 1.54) is 6.33 Å². The van der Waals surface area contributed by atoms with Gasteiger partial charge in [-0.25, -0.2) is 19.9 Å². The van der Waals surface area contributed by atoms with Gasteiger partial charge >= 0.3 is 0 Å². The summed E-state index contributed by atoms with van der Waals surface area (Å²) in [5.74, 6) is 1.08. The number of likely N-dealkylation sites (N-methyl/N-ethyl adjacent to an activating group) is 1. The van der Waals surface area contributed by atoms with Gasteiger partial charge in [-0.05, 0) is 33.0 Å². The molecule has 1 N–H and O–H groups in total. The van der Waals surface area contributed by atoms with E-state index in [9.17, 15) is 4.79 Å². The number of likely N-dealkylation sites (tertiary alicyclic amines) is 1. The minimum Gasteiger partial charge on any atom is -0.342 e. The van der Waals surface area contributed by atoms with Crippen LogP contribution >= 0.6 is 0 Å². The Kier molecular flexibility index (Phi) is 5.49. The quantitative estimate of drug-likeness (QED) is 0.876. The fourth-order valence-corrected chi connectivity index (χ4v) is 2.95. The highest BCUT2D eigenvalue weighted by Crippen LogP contribution is 2.27. The summed E-state index contributed by atoms with van der Waals surface area (Å²) in [5, 5.41) is 3.11. The molecule has 1 aliphatic rings. The molecule has 0 atom stereocenters. The molecule has 1 saturated heterocycles. The molecular formula is C17H23N7O. The van der Waals surface area contributed by atoms with Crippen molar-refractivity contribution in [1.82, 2.24) is 29.7 Å². The van der Waals surface area contributed by atoms with Crippen molar-refractivity contribution in [3.8, 4) is 0 Å². The van der Waals surface area contributed by atoms with Crippen LogP contribution in [0.1, 0.15) is 24.5 Å². The molecule has 3 rings (SSSR count). The van der Waals surface area contributed by atoms with Crippen LogP contribution in [0, 0.1) is 0 Å². The van der Waals surface area contributed by atoms with Gasteiger partial charge in [-0.1, -0.05) is 0 Å². The smallest absolute Gasteiger partial charge is 0.236 e. The second-order valence-corrected chi connectivity index (χ2v) is 6.45. The molecule has 2 aromatic heterocycles. The monoisotopic (exact) mass is 341 g/mol. The van der Waals surface area contributed by atoms with Gasteiger partial charge in [-0.3, -0.25) is 4.79 Å². The Morgan fingerprint density at radius 1 is 1.28 bits per heavy atom. The van der Waals surface area contributed by atoms with Crippen molar-refractivity contribution in [3.63, 3.8) is 0 Å². The van der Waals surface area contributed by atoms with Crippen LogP contribution in [0.4, 0.5) is 11.6 Å². The lowest BCUT2D eigenvalue weighted by Gasteiger charge is -2.32. The van der Waals surface area contributed by atoms with Crippen molar-refractivity contribution in [2.45, 2.75) is 18.8 Å². The van der Waals surface area contributed by atoms with Crippen molar-refractivity contribution in [2.24, 2.45) is 0 Å². The molecule has 0 radical (unpaired) electrons. The summed E-state index contributed by atoms with van der Waals surface area (Å²) < 4.78 is 0. The van der Waals surface area contributed by atoms with E-state index in [1.54, 1.807) is 18.6 Å². The first-order chi connectivity index (χ1) is 12.1. The third-order valence-electron chi connectivity index (χ3n) is 4.21. The Bertz CT molecular complexity index is 699. The molecule has 8 nitrogen and oxygen atoms in total. The number of nitrogens with one attached hydrogen (secondary N) is 1. The number of amides is 1. The van der Waals surface area contributed by atoms with Crippen molar-refractivity contribution in [2.75, 3.05) is 39.0 Å². The van der Waals surface area contributed by atoms with Crippen LogP contribution in [0.5, 0.6) is 0 Å². The Labute approximate surface area is 147 Å². The number of anilines is 2. The molecule has 1 aliphatic heterocycles. The van der Waals surface area contributed by atoms with Crippen LogP contribution in [0.3, 0.4) is 0 Å². The molecule has 0 unspecified atom stereocenters. The summed E-state index contributed by atoms with van der Waals surface area (Å²) in [6.07, 6.45) is 8.44. The van der Waals surface area contributed by atoms with Crippen molar-refractivity contribution in [1.29, 1.82) is 0 Å². The summed E-state index contributed by atoms with van der Waals surface area (Å²) in [7, 11) is 3.83. The number of rotatable bonds is 5. The molecule has 1 fully saturated rings. The largest absolute Gasteiger partial charge is 0.342 e. The van der Waals surface area contributed by atoms with Gasteiger partial charge in [0.25, 0.3) is 0 Å². The van der Waals surface area contributed by atoms with Gasteiger partial charge in [0.2, 0.25) is 11.9 Å². The molecule has 0 saturated carbocycles. The Morgan fingerprint density at radius 2 is 2.00 bits per heavy atom. The SMILES string of the molecule is CN(C)CC(=O)N1CCC(c2ccnc(Nc3cncnc3)n2)CC1. The molecule has 0 bridgehead atoms. The van der Waals surface area contributed by atoms with Gasteiger partial charge in [0.1, 0.15) is 6.33 Å². The zero-order valence-electron chi connectivity index (χ0n) is 14.6. The first-order valence-electron chi connectivity index (χ1n) is 8.39. The zero-order valence-corrected chi connectivity index (χ0v) is 14.6. The van der Waals surface area contributed by atoms with E-state index in [0.717, 1.165) is 37.3 Å². The van der Waals surface area contributed by atoms with E-state index in [1.807, 2.05) is 30.0 Å². The van der Waals surface area contributed by atoms with Gasteiger partial charge in [-0.15, -0.1) is 0 Å². The molecule has 25 heavy (non-hydrogen) atoms. The highest BCUT2D eigenvalue weighted by Gasteiger charge is 2.25.